The zero-order chi connectivity index (χ0) is 13.0. The lowest BCUT2D eigenvalue weighted by molar-refractivity contribution is -0.125. The number of carbonyl (C=O) groups excluding carboxylic acids is 1. The first-order chi connectivity index (χ1) is 8.70. The van der Waals surface area contributed by atoms with Crippen LogP contribution in [0.4, 0.5) is 0 Å². The van der Waals surface area contributed by atoms with Crippen molar-refractivity contribution < 1.29 is 9.53 Å². The molecule has 2 atom stereocenters. The van der Waals surface area contributed by atoms with Gasteiger partial charge in [-0.3, -0.25) is 4.79 Å². The summed E-state index contributed by atoms with van der Waals surface area (Å²) in [6.45, 7) is 4.40. The van der Waals surface area contributed by atoms with E-state index in [2.05, 4.69) is 17.6 Å². The van der Waals surface area contributed by atoms with Crippen molar-refractivity contribution in [3.8, 4) is 5.75 Å². The summed E-state index contributed by atoms with van der Waals surface area (Å²) in [4.78, 5) is 12.0. The largest absolute Gasteiger partial charge is 0.497 e. The van der Waals surface area contributed by atoms with E-state index in [0.29, 0.717) is 12.5 Å². The van der Waals surface area contributed by atoms with E-state index in [4.69, 9.17) is 4.74 Å². The van der Waals surface area contributed by atoms with E-state index in [1.807, 2.05) is 24.3 Å². The molecular formula is C14H20N2O2. The van der Waals surface area contributed by atoms with Crippen molar-refractivity contribution in [2.45, 2.75) is 13.5 Å². The topological polar surface area (TPSA) is 50.4 Å². The van der Waals surface area contributed by atoms with Gasteiger partial charge in [-0.2, -0.15) is 0 Å². The van der Waals surface area contributed by atoms with Crippen molar-refractivity contribution in [1.29, 1.82) is 0 Å². The standard InChI is InChI=1S/C14H20N2O2/c1-10-7-15-9-13(10)14(17)16-8-11-3-5-12(18-2)6-4-11/h3-6,10,13,15H,7-9H2,1-2H3,(H,16,17)/t10-,13-/m1/s1. The third-order valence-corrected chi connectivity index (χ3v) is 3.48. The zero-order valence-electron chi connectivity index (χ0n) is 10.9. The first kappa shape index (κ1) is 12.9. The molecule has 0 aromatic heterocycles. The van der Waals surface area contributed by atoms with Crippen LogP contribution in [-0.2, 0) is 11.3 Å². The zero-order valence-corrected chi connectivity index (χ0v) is 10.9. The number of nitrogens with one attached hydrogen (secondary N) is 2. The van der Waals surface area contributed by atoms with Crippen LogP contribution in [-0.4, -0.2) is 26.1 Å². The van der Waals surface area contributed by atoms with Gasteiger partial charge in [-0.1, -0.05) is 19.1 Å². The van der Waals surface area contributed by atoms with Gasteiger partial charge < -0.3 is 15.4 Å². The van der Waals surface area contributed by atoms with E-state index in [-0.39, 0.29) is 11.8 Å². The van der Waals surface area contributed by atoms with Gasteiger partial charge >= 0.3 is 0 Å². The van der Waals surface area contributed by atoms with Crippen molar-refractivity contribution in [3.63, 3.8) is 0 Å². The molecule has 0 spiro atoms. The first-order valence-electron chi connectivity index (χ1n) is 6.32. The Morgan fingerprint density at radius 1 is 1.39 bits per heavy atom. The minimum Gasteiger partial charge on any atom is -0.497 e. The predicted octanol–water partition coefficient (Wildman–Crippen LogP) is 1.17. The molecule has 1 aliphatic heterocycles. The number of carbonyl (C=O) groups is 1. The highest BCUT2D eigenvalue weighted by Crippen LogP contribution is 2.16. The Morgan fingerprint density at radius 2 is 2.11 bits per heavy atom. The number of ether oxygens (including phenoxy) is 1. The molecule has 0 unspecified atom stereocenters. The molecule has 1 aromatic carbocycles. The van der Waals surface area contributed by atoms with Crippen molar-refractivity contribution in [2.24, 2.45) is 11.8 Å². The van der Waals surface area contributed by atoms with Gasteiger partial charge in [0, 0.05) is 13.1 Å². The van der Waals surface area contributed by atoms with Gasteiger partial charge in [-0.25, -0.2) is 0 Å². The highest BCUT2D eigenvalue weighted by atomic mass is 16.5. The molecule has 1 fully saturated rings. The average Bonchev–Trinajstić information content (AvgIpc) is 2.83. The Balaban J connectivity index is 1.85. The van der Waals surface area contributed by atoms with E-state index in [0.717, 1.165) is 24.4 Å². The summed E-state index contributed by atoms with van der Waals surface area (Å²) in [5.74, 6) is 1.49. The van der Waals surface area contributed by atoms with Gasteiger partial charge in [0.2, 0.25) is 5.91 Å². The fourth-order valence-electron chi connectivity index (χ4n) is 2.22. The van der Waals surface area contributed by atoms with E-state index in [1.54, 1.807) is 7.11 Å². The minimum atomic E-state index is 0.100. The summed E-state index contributed by atoms with van der Waals surface area (Å²) < 4.78 is 5.09. The molecule has 1 amide bonds. The quantitative estimate of drug-likeness (QED) is 0.841. The lowest BCUT2D eigenvalue weighted by Crippen LogP contribution is -2.33. The van der Waals surface area contributed by atoms with Crippen molar-refractivity contribution in [2.75, 3.05) is 20.2 Å². The maximum atomic E-state index is 12.0. The molecule has 2 N–H and O–H groups in total. The molecule has 1 heterocycles. The highest BCUT2D eigenvalue weighted by Gasteiger charge is 2.29. The molecule has 98 valence electrons. The van der Waals surface area contributed by atoms with Crippen LogP contribution >= 0.6 is 0 Å². The lowest BCUT2D eigenvalue weighted by atomic mass is 9.97. The first-order valence-corrected chi connectivity index (χ1v) is 6.32. The minimum absolute atomic E-state index is 0.100. The molecular weight excluding hydrogens is 228 g/mol. The SMILES string of the molecule is COc1ccc(CNC(=O)[C@@H]2CNC[C@H]2C)cc1. The van der Waals surface area contributed by atoms with Gasteiger partial charge in [-0.05, 0) is 30.2 Å². The second-order valence-corrected chi connectivity index (χ2v) is 4.81. The molecule has 2 rings (SSSR count). The van der Waals surface area contributed by atoms with Gasteiger partial charge in [-0.15, -0.1) is 0 Å². The Morgan fingerprint density at radius 3 is 2.67 bits per heavy atom. The third kappa shape index (κ3) is 3.01. The number of methoxy groups -OCH3 is 1. The Kier molecular flexibility index (Phi) is 4.20. The maximum Gasteiger partial charge on any atom is 0.224 e. The Labute approximate surface area is 108 Å². The lowest BCUT2D eigenvalue weighted by Gasteiger charge is -2.14. The van der Waals surface area contributed by atoms with E-state index in [9.17, 15) is 4.79 Å². The number of rotatable bonds is 4. The van der Waals surface area contributed by atoms with Crippen LogP contribution in [0.15, 0.2) is 24.3 Å². The van der Waals surface area contributed by atoms with Crippen molar-refractivity contribution in [3.05, 3.63) is 29.8 Å². The Hall–Kier alpha value is -1.55. The highest BCUT2D eigenvalue weighted by molar-refractivity contribution is 5.79. The number of amides is 1. The van der Waals surface area contributed by atoms with E-state index >= 15 is 0 Å². The van der Waals surface area contributed by atoms with E-state index < -0.39 is 0 Å². The molecule has 18 heavy (non-hydrogen) atoms. The van der Waals surface area contributed by atoms with E-state index in [1.165, 1.54) is 0 Å². The van der Waals surface area contributed by atoms with Crippen LogP contribution < -0.4 is 15.4 Å². The van der Waals surface area contributed by atoms with Crippen LogP contribution in [0.3, 0.4) is 0 Å². The fraction of sp³-hybridized carbons (Fsp3) is 0.500. The van der Waals surface area contributed by atoms with Gasteiger partial charge in [0.1, 0.15) is 5.75 Å². The Bertz CT molecular complexity index is 403. The summed E-state index contributed by atoms with van der Waals surface area (Å²) in [7, 11) is 1.64. The van der Waals surface area contributed by atoms with Gasteiger partial charge in [0.25, 0.3) is 0 Å². The summed E-state index contributed by atoms with van der Waals surface area (Å²) in [5.41, 5.74) is 1.09. The molecule has 0 bridgehead atoms. The number of hydrogen-bond donors (Lipinski definition) is 2. The second kappa shape index (κ2) is 5.87. The number of hydrogen-bond acceptors (Lipinski definition) is 3. The summed E-state index contributed by atoms with van der Waals surface area (Å²) >= 11 is 0. The average molecular weight is 248 g/mol. The molecule has 1 aliphatic rings. The second-order valence-electron chi connectivity index (χ2n) is 4.81. The smallest absolute Gasteiger partial charge is 0.224 e. The summed E-state index contributed by atoms with van der Waals surface area (Å²) in [6, 6.07) is 7.74. The maximum absolute atomic E-state index is 12.0. The van der Waals surface area contributed by atoms with Crippen molar-refractivity contribution >= 4 is 5.91 Å². The molecule has 0 radical (unpaired) electrons. The summed E-state index contributed by atoms with van der Waals surface area (Å²) in [6.07, 6.45) is 0. The monoisotopic (exact) mass is 248 g/mol. The number of benzene rings is 1. The molecule has 0 aliphatic carbocycles. The van der Waals surface area contributed by atoms with Crippen LogP contribution in [0.25, 0.3) is 0 Å². The molecule has 4 heteroatoms. The third-order valence-electron chi connectivity index (χ3n) is 3.48. The van der Waals surface area contributed by atoms with Gasteiger partial charge in [0.05, 0.1) is 13.0 Å². The molecule has 4 nitrogen and oxygen atoms in total. The predicted molar refractivity (Wildman–Crippen MR) is 70.4 cm³/mol. The summed E-state index contributed by atoms with van der Waals surface area (Å²) in [5, 5.41) is 6.23. The van der Waals surface area contributed by atoms with Crippen molar-refractivity contribution in [1.82, 2.24) is 10.6 Å². The van der Waals surface area contributed by atoms with Crippen LogP contribution in [0, 0.1) is 11.8 Å². The van der Waals surface area contributed by atoms with Gasteiger partial charge in [0.15, 0.2) is 0 Å². The van der Waals surface area contributed by atoms with Crippen LogP contribution in [0.1, 0.15) is 12.5 Å². The molecule has 0 saturated carbocycles. The fourth-order valence-corrected chi connectivity index (χ4v) is 2.22. The normalized spacial score (nSPS) is 22.8. The molecule has 1 aromatic rings. The van der Waals surface area contributed by atoms with Crippen LogP contribution in [0.2, 0.25) is 0 Å². The van der Waals surface area contributed by atoms with Crippen LogP contribution in [0.5, 0.6) is 5.75 Å². The molecule has 1 saturated heterocycles.